The summed E-state index contributed by atoms with van der Waals surface area (Å²) in [6.45, 7) is 1.18. The monoisotopic (exact) mass is 342 g/mol. The number of carbonyl (C=O) groups is 2. The lowest BCUT2D eigenvalue weighted by atomic mass is 9.97. The van der Waals surface area contributed by atoms with Gasteiger partial charge in [-0.25, -0.2) is 0 Å². The summed E-state index contributed by atoms with van der Waals surface area (Å²) in [4.78, 5) is 26.4. The number of rotatable bonds is 4. The van der Waals surface area contributed by atoms with Crippen molar-refractivity contribution in [2.45, 2.75) is 51.0 Å². The molecule has 0 radical (unpaired) electrons. The Kier molecular flexibility index (Phi) is 5.87. The molecule has 2 N–H and O–H groups in total. The molecule has 0 atom stereocenters. The van der Waals surface area contributed by atoms with Crippen LogP contribution in [-0.2, 0) is 4.79 Å². The van der Waals surface area contributed by atoms with E-state index in [0.29, 0.717) is 43.6 Å². The molecule has 0 saturated carbocycles. The van der Waals surface area contributed by atoms with Gasteiger partial charge in [0.25, 0.3) is 5.91 Å². The maximum Gasteiger partial charge on any atom is 0.253 e. The van der Waals surface area contributed by atoms with Gasteiger partial charge in [0.2, 0.25) is 5.91 Å². The van der Waals surface area contributed by atoms with Gasteiger partial charge in [-0.15, -0.1) is 0 Å². The molecule has 2 amide bonds. The van der Waals surface area contributed by atoms with Gasteiger partial charge in [0.15, 0.2) is 0 Å². The highest BCUT2D eigenvalue weighted by molar-refractivity contribution is 5.96. The van der Waals surface area contributed by atoms with Crippen molar-refractivity contribution in [3.63, 3.8) is 0 Å². The number of carbonyl (C=O) groups excluding carboxylic acids is 2. The summed E-state index contributed by atoms with van der Waals surface area (Å²) < 4.78 is 0. The maximum absolute atomic E-state index is 12.5. The van der Waals surface area contributed by atoms with Crippen LogP contribution in [0.3, 0.4) is 0 Å². The van der Waals surface area contributed by atoms with Crippen LogP contribution >= 0.6 is 0 Å². The molecule has 0 aromatic heterocycles. The molecule has 1 aromatic carbocycles. The second kappa shape index (κ2) is 8.30. The van der Waals surface area contributed by atoms with E-state index < -0.39 is 0 Å². The van der Waals surface area contributed by atoms with Gasteiger partial charge in [0, 0.05) is 30.8 Å². The molecule has 134 valence electrons. The Hall–Kier alpha value is -2.14. The van der Waals surface area contributed by atoms with E-state index in [0.717, 1.165) is 12.8 Å². The van der Waals surface area contributed by atoms with E-state index in [1.165, 1.54) is 18.4 Å². The van der Waals surface area contributed by atoms with Gasteiger partial charge in [-0.05, 0) is 62.8 Å². The molecule has 2 aliphatic rings. The standard InChI is InChI=1S/C20H26N2O3/c23-18-10-12-22(13-11-18)20(25)16-6-8-17(9-7-16)21-19(24)14-15-4-2-1-3-5-15/h4,6-9,18,23H,1-3,5,10-14H2,(H,21,24). The first-order chi connectivity index (χ1) is 12.1. The van der Waals surface area contributed by atoms with Crippen LogP contribution in [0, 0.1) is 0 Å². The minimum absolute atomic E-state index is 0.00255. The zero-order valence-corrected chi connectivity index (χ0v) is 14.5. The van der Waals surface area contributed by atoms with Crippen LogP contribution in [0.25, 0.3) is 0 Å². The number of aliphatic hydroxyl groups excluding tert-OH is 1. The molecule has 0 spiro atoms. The molecule has 5 nitrogen and oxygen atoms in total. The fraction of sp³-hybridized carbons (Fsp3) is 0.500. The number of anilines is 1. The zero-order chi connectivity index (χ0) is 17.6. The summed E-state index contributed by atoms with van der Waals surface area (Å²) in [5, 5.41) is 12.4. The van der Waals surface area contributed by atoms with Crippen molar-refractivity contribution in [1.82, 2.24) is 4.90 Å². The van der Waals surface area contributed by atoms with Crippen molar-refractivity contribution in [3.05, 3.63) is 41.5 Å². The Labute approximate surface area is 148 Å². The fourth-order valence-corrected chi connectivity index (χ4v) is 3.42. The van der Waals surface area contributed by atoms with Crippen LogP contribution in [0.1, 0.15) is 55.3 Å². The number of aliphatic hydroxyl groups is 1. The van der Waals surface area contributed by atoms with E-state index >= 15 is 0 Å². The molecule has 1 aliphatic carbocycles. The third-order valence-corrected chi connectivity index (χ3v) is 4.94. The summed E-state index contributed by atoms with van der Waals surface area (Å²) in [5.41, 5.74) is 2.55. The van der Waals surface area contributed by atoms with Crippen molar-refractivity contribution in [2.24, 2.45) is 0 Å². The Morgan fingerprint density at radius 2 is 1.84 bits per heavy atom. The summed E-state index contributed by atoms with van der Waals surface area (Å²) in [5.74, 6) is -0.0191. The third kappa shape index (κ3) is 4.92. The average Bonchev–Trinajstić information content (AvgIpc) is 2.63. The Morgan fingerprint density at radius 1 is 1.12 bits per heavy atom. The van der Waals surface area contributed by atoms with Gasteiger partial charge in [-0.3, -0.25) is 9.59 Å². The molecule has 0 unspecified atom stereocenters. The van der Waals surface area contributed by atoms with E-state index in [2.05, 4.69) is 11.4 Å². The first kappa shape index (κ1) is 17.7. The van der Waals surface area contributed by atoms with E-state index in [4.69, 9.17) is 0 Å². The summed E-state index contributed by atoms with van der Waals surface area (Å²) in [6, 6.07) is 7.06. The second-order valence-electron chi connectivity index (χ2n) is 6.93. The SMILES string of the molecule is O=C(CC1=CCCCC1)Nc1ccc(C(=O)N2CCC(O)CC2)cc1. The van der Waals surface area contributed by atoms with E-state index in [9.17, 15) is 14.7 Å². The summed E-state index contributed by atoms with van der Waals surface area (Å²) in [6.07, 6.45) is 8.10. The molecule has 0 bridgehead atoms. The van der Waals surface area contributed by atoms with Crippen molar-refractivity contribution in [3.8, 4) is 0 Å². The molecule has 1 fully saturated rings. The maximum atomic E-state index is 12.5. The van der Waals surface area contributed by atoms with Crippen molar-refractivity contribution < 1.29 is 14.7 Å². The van der Waals surface area contributed by atoms with Gasteiger partial charge < -0.3 is 15.3 Å². The van der Waals surface area contributed by atoms with E-state index in [-0.39, 0.29) is 17.9 Å². The number of hydrogen-bond acceptors (Lipinski definition) is 3. The van der Waals surface area contributed by atoms with Gasteiger partial charge >= 0.3 is 0 Å². The van der Waals surface area contributed by atoms with Gasteiger partial charge in [-0.2, -0.15) is 0 Å². The first-order valence-electron chi connectivity index (χ1n) is 9.17. The minimum Gasteiger partial charge on any atom is -0.393 e. The lowest BCUT2D eigenvalue weighted by Crippen LogP contribution is -2.40. The molecular weight excluding hydrogens is 316 g/mol. The minimum atomic E-state index is -0.291. The number of piperidine rings is 1. The van der Waals surface area contributed by atoms with Crippen LogP contribution < -0.4 is 5.32 Å². The van der Waals surface area contributed by atoms with Crippen LogP contribution in [0.2, 0.25) is 0 Å². The Bertz CT molecular complexity index is 643. The lowest BCUT2D eigenvalue weighted by Gasteiger charge is -2.29. The van der Waals surface area contributed by atoms with Crippen LogP contribution in [0.5, 0.6) is 0 Å². The third-order valence-electron chi connectivity index (χ3n) is 4.94. The highest BCUT2D eigenvalue weighted by Crippen LogP contribution is 2.21. The molecule has 1 aromatic rings. The Balaban J connectivity index is 1.53. The number of hydrogen-bond donors (Lipinski definition) is 2. The molecule has 1 heterocycles. The smallest absolute Gasteiger partial charge is 0.253 e. The topological polar surface area (TPSA) is 69.6 Å². The largest absolute Gasteiger partial charge is 0.393 e. The van der Waals surface area contributed by atoms with Gasteiger partial charge in [0.05, 0.1) is 6.10 Å². The van der Waals surface area contributed by atoms with Crippen LogP contribution in [0.4, 0.5) is 5.69 Å². The number of allylic oxidation sites excluding steroid dienone is 1. The molecule has 1 saturated heterocycles. The highest BCUT2D eigenvalue weighted by atomic mass is 16.3. The zero-order valence-electron chi connectivity index (χ0n) is 14.5. The highest BCUT2D eigenvalue weighted by Gasteiger charge is 2.22. The summed E-state index contributed by atoms with van der Waals surface area (Å²) in [7, 11) is 0. The van der Waals surface area contributed by atoms with E-state index in [1.54, 1.807) is 29.2 Å². The van der Waals surface area contributed by atoms with Crippen LogP contribution in [0.15, 0.2) is 35.9 Å². The quantitative estimate of drug-likeness (QED) is 0.826. The van der Waals surface area contributed by atoms with E-state index in [1.807, 2.05) is 0 Å². The number of amides is 2. The van der Waals surface area contributed by atoms with Gasteiger partial charge in [-0.1, -0.05) is 11.6 Å². The fourth-order valence-electron chi connectivity index (χ4n) is 3.42. The molecular formula is C20H26N2O3. The summed E-state index contributed by atoms with van der Waals surface area (Å²) >= 11 is 0. The number of benzene rings is 1. The lowest BCUT2D eigenvalue weighted by molar-refractivity contribution is -0.115. The number of nitrogens with zero attached hydrogens (tertiary/aromatic N) is 1. The second-order valence-corrected chi connectivity index (χ2v) is 6.93. The first-order valence-corrected chi connectivity index (χ1v) is 9.17. The number of nitrogens with one attached hydrogen (secondary N) is 1. The van der Waals surface area contributed by atoms with Gasteiger partial charge in [0.1, 0.15) is 0 Å². The van der Waals surface area contributed by atoms with Crippen molar-refractivity contribution in [1.29, 1.82) is 0 Å². The van der Waals surface area contributed by atoms with Crippen molar-refractivity contribution >= 4 is 17.5 Å². The Morgan fingerprint density at radius 3 is 2.48 bits per heavy atom. The molecule has 3 rings (SSSR count). The molecule has 5 heteroatoms. The van der Waals surface area contributed by atoms with Crippen molar-refractivity contribution in [2.75, 3.05) is 18.4 Å². The molecule has 25 heavy (non-hydrogen) atoms. The predicted molar refractivity (Wildman–Crippen MR) is 97.4 cm³/mol. The normalized spacial score (nSPS) is 18.6. The van der Waals surface area contributed by atoms with Crippen LogP contribution in [-0.4, -0.2) is 41.0 Å². The average molecular weight is 342 g/mol. The predicted octanol–water partition coefficient (Wildman–Crippen LogP) is 3.11. The molecule has 1 aliphatic heterocycles. The number of likely N-dealkylation sites (tertiary alicyclic amines) is 1.